The number of hydrogen-bond donors (Lipinski definition) is 1. The van der Waals surface area contributed by atoms with E-state index in [0.29, 0.717) is 33.7 Å². The Balaban J connectivity index is 1.46. The molecule has 0 saturated carbocycles. The minimum Gasteiger partial charge on any atom is -0.344 e. The predicted octanol–water partition coefficient (Wildman–Crippen LogP) is 5.77. The predicted molar refractivity (Wildman–Crippen MR) is 159 cm³/mol. The molecule has 0 aliphatic carbocycles. The molecule has 4 heterocycles. The van der Waals surface area contributed by atoms with E-state index < -0.39 is 6.04 Å². The molecule has 4 aromatic heterocycles. The fourth-order valence-electron chi connectivity index (χ4n) is 4.95. The van der Waals surface area contributed by atoms with Gasteiger partial charge in [-0.05, 0) is 62.1 Å². The lowest BCUT2D eigenvalue weighted by Gasteiger charge is -2.21. The van der Waals surface area contributed by atoms with Gasteiger partial charge in [-0.2, -0.15) is 5.10 Å². The van der Waals surface area contributed by atoms with Crippen molar-refractivity contribution in [2.75, 3.05) is 0 Å². The number of aromatic nitrogens is 5. The molecular weight excluding hydrogens is 520 g/mol. The molecular formula is C31H26N6O2S. The van der Waals surface area contributed by atoms with Crippen molar-refractivity contribution >= 4 is 45.8 Å². The Morgan fingerprint density at radius 2 is 1.88 bits per heavy atom. The van der Waals surface area contributed by atoms with E-state index in [1.807, 2.05) is 86.0 Å². The summed E-state index contributed by atoms with van der Waals surface area (Å²) < 4.78 is 3.27. The maximum Gasteiger partial charge on any atom is 0.263 e. The zero-order valence-electron chi connectivity index (χ0n) is 22.2. The third kappa shape index (κ3) is 4.60. The van der Waals surface area contributed by atoms with Gasteiger partial charge in [-0.15, -0.1) is 11.3 Å². The number of fused-ring (bicyclic) bond motifs is 2. The number of aryl methyl sites for hydroxylation is 2. The van der Waals surface area contributed by atoms with Gasteiger partial charge < -0.3 is 5.32 Å². The Morgan fingerprint density at radius 1 is 1.05 bits per heavy atom. The molecule has 6 rings (SSSR count). The normalized spacial score (nSPS) is 12.4. The van der Waals surface area contributed by atoms with E-state index >= 15 is 0 Å². The van der Waals surface area contributed by atoms with Gasteiger partial charge in [-0.1, -0.05) is 42.5 Å². The zero-order chi connectivity index (χ0) is 27.8. The summed E-state index contributed by atoms with van der Waals surface area (Å²) >= 11 is 1.58. The smallest absolute Gasteiger partial charge is 0.263 e. The molecule has 0 fully saturated rings. The highest BCUT2D eigenvalue weighted by Crippen LogP contribution is 2.25. The minimum atomic E-state index is -0.500. The van der Waals surface area contributed by atoms with Crippen LogP contribution in [0.2, 0.25) is 0 Å². The van der Waals surface area contributed by atoms with E-state index in [1.54, 1.807) is 45.8 Å². The number of thiazole rings is 1. The molecule has 9 heteroatoms. The average molecular weight is 547 g/mol. The third-order valence-corrected chi connectivity index (χ3v) is 7.57. The van der Waals surface area contributed by atoms with Crippen LogP contribution in [0.1, 0.15) is 51.0 Å². The van der Waals surface area contributed by atoms with Gasteiger partial charge in [0, 0.05) is 29.2 Å². The van der Waals surface area contributed by atoms with Gasteiger partial charge in [0.15, 0.2) is 5.65 Å². The number of carbonyl (C=O) groups excluding carboxylic acids is 1. The number of para-hydroxylation sites is 1. The number of pyridine rings is 1. The minimum absolute atomic E-state index is 0.164. The van der Waals surface area contributed by atoms with Crippen LogP contribution in [-0.2, 0) is 0 Å². The van der Waals surface area contributed by atoms with Gasteiger partial charge in [-0.3, -0.25) is 14.2 Å². The van der Waals surface area contributed by atoms with Crippen molar-refractivity contribution in [3.8, 4) is 5.69 Å². The molecule has 198 valence electrons. The van der Waals surface area contributed by atoms with Gasteiger partial charge in [0.05, 0.1) is 27.8 Å². The van der Waals surface area contributed by atoms with Crippen molar-refractivity contribution in [3.63, 3.8) is 0 Å². The van der Waals surface area contributed by atoms with E-state index in [-0.39, 0.29) is 11.5 Å². The van der Waals surface area contributed by atoms with Gasteiger partial charge in [0.1, 0.15) is 5.56 Å². The number of rotatable bonds is 6. The number of benzene rings is 2. The lowest BCUT2D eigenvalue weighted by Crippen LogP contribution is -2.32. The summed E-state index contributed by atoms with van der Waals surface area (Å²) in [6.45, 7) is 5.63. The Bertz CT molecular complexity index is 1970. The molecule has 1 atom stereocenters. The van der Waals surface area contributed by atoms with Crippen molar-refractivity contribution in [3.05, 3.63) is 122 Å². The summed E-state index contributed by atoms with van der Waals surface area (Å²) in [5, 5.41) is 11.9. The van der Waals surface area contributed by atoms with Gasteiger partial charge in [0.2, 0.25) is 0 Å². The summed E-state index contributed by atoms with van der Waals surface area (Å²) in [7, 11) is 0. The largest absolute Gasteiger partial charge is 0.344 e. The van der Waals surface area contributed by atoms with E-state index in [1.165, 1.54) is 0 Å². The maximum atomic E-state index is 14.2. The van der Waals surface area contributed by atoms with Crippen LogP contribution in [0.15, 0.2) is 83.2 Å². The van der Waals surface area contributed by atoms with Crippen LogP contribution in [0, 0.1) is 13.8 Å². The van der Waals surface area contributed by atoms with Gasteiger partial charge >= 0.3 is 0 Å². The van der Waals surface area contributed by atoms with Crippen LogP contribution in [0.4, 0.5) is 0 Å². The lowest BCUT2D eigenvalue weighted by molar-refractivity contribution is 0.0939. The standard InChI is InChI=1S/C31H26N6O2S/c1-19(33-30(38)27-20(2)35-36-16-8-15-32-29(27)36)26-17-23-10-7-9-22(13-14-24-18-40-21(3)34-24)28(23)31(39)37(26)25-11-5-4-6-12-25/h4-19H,1-3H3,(H,33,38)/b14-13+/t19-/m1/s1. The first-order chi connectivity index (χ1) is 19.4. The molecule has 40 heavy (non-hydrogen) atoms. The summed E-state index contributed by atoms with van der Waals surface area (Å²) in [5.74, 6) is -0.305. The van der Waals surface area contributed by atoms with Crippen LogP contribution in [0.25, 0.3) is 34.3 Å². The Labute approximate surface area is 234 Å². The summed E-state index contributed by atoms with van der Waals surface area (Å²) in [5.41, 5.74) is 4.34. The highest BCUT2D eigenvalue weighted by Gasteiger charge is 2.23. The number of nitrogens with zero attached hydrogens (tertiary/aromatic N) is 5. The molecule has 6 aromatic rings. The first-order valence-corrected chi connectivity index (χ1v) is 13.7. The average Bonchev–Trinajstić information content (AvgIpc) is 3.53. The molecule has 1 amide bonds. The molecule has 0 aliphatic heterocycles. The Kier molecular flexibility index (Phi) is 6.57. The SMILES string of the molecule is Cc1nc(/C=C/c2cccc3cc([C@@H](C)NC(=O)c4c(C)nn5cccnc45)n(-c4ccccc4)c(=O)c23)cs1. The van der Waals surface area contributed by atoms with E-state index in [2.05, 4.69) is 20.4 Å². The van der Waals surface area contributed by atoms with E-state index in [9.17, 15) is 9.59 Å². The second-order valence-corrected chi connectivity index (χ2v) is 10.6. The van der Waals surface area contributed by atoms with Crippen molar-refractivity contribution in [1.29, 1.82) is 0 Å². The van der Waals surface area contributed by atoms with Crippen molar-refractivity contribution in [2.24, 2.45) is 0 Å². The fourth-order valence-corrected chi connectivity index (χ4v) is 5.53. The van der Waals surface area contributed by atoms with Crippen LogP contribution in [0.5, 0.6) is 0 Å². The third-order valence-electron chi connectivity index (χ3n) is 6.78. The molecule has 2 aromatic carbocycles. The van der Waals surface area contributed by atoms with Gasteiger partial charge in [0.25, 0.3) is 11.5 Å². The van der Waals surface area contributed by atoms with Crippen LogP contribution in [0.3, 0.4) is 0 Å². The summed E-state index contributed by atoms with van der Waals surface area (Å²) in [6.07, 6.45) is 7.25. The maximum absolute atomic E-state index is 14.2. The molecule has 0 radical (unpaired) electrons. The Hall–Kier alpha value is -4.89. The quantitative estimate of drug-likeness (QED) is 0.286. The van der Waals surface area contributed by atoms with Crippen molar-refractivity contribution in [2.45, 2.75) is 26.8 Å². The molecule has 0 unspecified atom stereocenters. The molecule has 0 aliphatic rings. The first kappa shape index (κ1) is 25.4. The van der Waals surface area contributed by atoms with Crippen molar-refractivity contribution in [1.82, 2.24) is 29.5 Å². The molecule has 0 spiro atoms. The highest BCUT2D eigenvalue weighted by atomic mass is 32.1. The zero-order valence-corrected chi connectivity index (χ0v) is 23.0. The van der Waals surface area contributed by atoms with E-state index in [4.69, 9.17) is 0 Å². The molecule has 0 bridgehead atoms. The number of hydrogen-bond acceptors (Lipinski definition) is 6. The van der Waals surface area contributed by atoms with Crippen LogP contribution < -0.4 is 10.9 Å². The van der Waals surface area contributed by atoms with Crippen LogP contribution >= 0.6 is 11.3 Å². The second kappa shape index (κ2) is 10.3. The first-order valence-electron chi connectivity index (χ1n) is 12.9. The highest BCUT2D eigenvalue weighted by molar-refractivity contribution is 7.09. The van der Waals surface area contributed by atoms with Crippen molar-refractivity contribution < 1.29 is 4.79 Å². The number of carbonyl (C=O) groups is 1. The Morgan fingerprint density at radius 3 is 2.65 bits per heavy atom. The van der Waals surface area contributed by atoms with Gasteiger partial charge in [-0.25, -0.2) is 14.5 Å². The second-order valence-electron chi connectivity index (χ2n) is 9.52. The molecule has 8 nitrogen and oxygen atoms in total. The monoisotopic (exact) mass is 546 g/mol. The lowest BCUT2D eigenvalue weighted by atomic mass is 10.0. The summed E-state index contributed by atoms with van der Waals surface area (Å²) in [6, 6.07) is 18.5. The summed E-state index contributed by atoms with van der Waals surface area (Å²) in [4.78, 5) is 36.6. The molecule has 0 saturated heterocycles. The fraction of sp³-hybridized carbons (Fsp3) is 0.129. The topological polar surface area (TPSA) is 94.2 Å². The van der Waals surface area contributed by atoms with E-state index in [0.717, 1.165) is 21.7 Å². The number of nitrogens with one attached hydrogen (secondary N) is 1. The van der Waals surface area contributed by atoms with Crippen LogP contribution in [-0.4, -0.2) is 30.1 Å². The number of amides is 1. The molecule has 1 N–H and O–H groups in total.